The van der Waals surface area contributed by atoms with Crippen molar-refractivity contribution < 1.29 is 22.7 Å². The van der Waals surface area contributed by atoms with E-state index in [1.165, 1.54) is 0 Å². The Morgan fingerprint density at radius 3 is 2.56 bits per heavy atom. The number of nitrogen functional groups attached to an aromatic ring is 1. The molecule has 1 aromatic rings. The van der Waals surface area contributed by atoms with Crippen LogP contribution in [0.2, 0.25) is 0 Å². The molecule has 18 heavy (non-hydrogen) atoms. The highest BCUT2D eigenvalue weighted by molar-refractivity contribution is 9.10. The average molecular weight is 326 g/mol. The fourth-order valence-corrected chi connectivity index (χ4v) is 1.96. The maximum absolute atomic E-state index is 12.7. The van der Waals surface area contributed by atoms with Gasteiger partial charge in [0.15, 0.2) is 0 Å². The molecule has 0 saturated carbocycles. The third-order valence-electron chi connectivity index (χ3n) is 2.17. The molecule has 0 heterocycles. The Morgan fingerprint density at radius 1 is 1.44 bits per heavy atom. The molecule has 0 radical (unpaired) electrons. The van der Waals surface area contributed by atoms with E-state index in [0.29, 0.717) is 0 Å². The van der Waals surface area contributed by atoms with Crippen molar-refractivity contribution in [2.45, 2.75) is 19.5 Å². The van der Waals surface area contributed by atoms with Crippen molar-refractivity contribution in [3.63, 3.8) is 0 Å². The van der Waals surface area contributed by atoms with Gasteiger partial charge in [-0.25, -0.2) is 0 Å². The second-order valence-corrected chi connectivity index (χ2v) is 4.36. The summed E-state index contributed by atoms with van der Waals surface area (Å²) in [6.07, 6.45) is -4.79. The van der Waals surface area contributed by atoms with Gasteiger partial charge in [-0.2, -0.15) is 13.2 Å². The third kappa shape index (κ3) is 3.63. The van der Waals surface area contributed by atoms with Crippen molar-refractivity contribution in [3.05, 3.63) is 27.7 Å². The molecule has 0 unspecified atom stereocenters. The first-order valence-electron chi connectivity index (χ1n) is 5.06. The molecular formula is C11H11BrF3NO2. The van der Waals surface area contributed by atoms with Crippen LogP contribution in [0.1, 0.15) is 18.1 Å². The molecule has 0 amide bonds. The molecule has 0 aliphatic rings. The normalized spacial score (nSPS) is 11.4. The van der Waals surface area contributed by atoms with E-state index in [4.69, 9.17) is 5.73 Å². The zero-order valence-corrected chi connectivity index (χ0v) is 11.1. The van der Waals surface area contributed by atoms with E-state index in [1.54, 1.807) is 6.92 Å². The van der Waals surface area contributed by atoms with Crippen LogP contribution in [0, 0.1) is 0 Å². The van der Waals surface area contributed by atoms with Gasteiger partial charge in [-0.15, -0.1) is 0 Å². The smallest absolute Gasteiger partial charge is 0.417 e. The minimum absolute atomic E-state index is 0.101. The van der Waals surface area contributed by atoms with Gasteiger partial charge in [-0.05, 0) is 24.6 Å². The number of hydrogen-bond acceptors (Lipinski definition) is 3. The summed E-state index contributed by atoms with van der Waals surface area (Å²) >= 11 is 2.80. The summed E-state index contributed by atoms with van der Waals surface area (Å²) in [5.41, 5.74) is 4.92. The van der Waals surface area contributed by atoms with E-state index in [0.717, 1.165) is 12.1 Å². The predicted octanol–water partition coefficient (Wildman–Crippen LogP) is 3.16. The maximum Gasteiger partial charge on any atom is 0.417 e. The number of nitrogens with two attached hydrogens (primary N) is 1. The maximum atomic E-state index is 12.7. The van der Waals surface area contributed by atoms with Gasteiger partial charge in [-0.3, -0.25) is 4.79 Å². The number of hydrogen-bond donors (Lipinski definition) is 1. The number of anilines is 1. The Bertz CT molecular complexity index is 460. The molecule has 0 saturated heterocycles. The minimum Gasteiger partial charge on any atom is -0.466 e. The molecule has 7 heteroatoms. The van der Waals surface area contributed by atoms with Gasteiger partial charge in [0.1, 0.15) is 0 Å². The minimum atomic E-state index is -4.50. The van der Waals surface area contributed by atoms with Crippen LogP contribution in [0.25, 0.3) is 0 Å². The highest BCUT2D eigenvalue weighted by Crippen LogP contribution is 2.37. The van der Waals surface area contributed by atoms with E-state index < -0.39 is 17.7 Å². The van der Waals surface area contributed by atoms with Gasteiger partial charge >= 0.3 is 12.1 Å². The van der Waals surface area contributed by atoms with Crippen LogP contribution in [0.3, 0.4) is 0 Å². The van der Waals surface area contributed by atoms with Gasteiger partial charge in [-0.1, -0.05) is 15.9 Å². The Labute approximate surface area is 110 Å². The van der Waals surface area contributed by atoms with Crippen LogP contribution in [0.15, 0.2) is 16.6 Å². The molecule has 0 spiro atoms. The molecule has 0 aliphatic heterocycles. The van der Waals surface area contributed by atoms with Gasteiger partial charge in [0, 0.05) is 10.2 Å². The monoisotopic (exact) mass is 325 g/mol. The number of alkyl halides is 3. The number of halogens is 4. The van der Waals surface area contributed by atoms with Crippen LogP contribution >= 0.6 is 15.9 Å². The Morgan fingerprint density at radius 2 is 2.06 bits per heavy atom. The summed E-state index contributed by atoms with van der Waals surface area (Å²) in [4.78, 5) is 11.2. The summed E-state index contributed by atoms with van der Waals surface area (Å²) in [6, 6.07) is 1.99. The summed E-state index contributed by atoms with van der Waals surface area (Å²) in [6.45, 7) is 1.78. The van der Waals surface area contributed by atoms with Gasteiger partial charge in [0.25, 0.3) is 0 Å². The number of carbonyl (C=O) groups excluding carboxylic acids is 1. The third-order valence-corrected chi connectivity index (χ3v) is 2.83. The van der Waals surface area contributed by atoms with Gasteiger partial charge < -0.3 is 10.5 Å². The standard InChI is InChI=1S/C11H11BrF3NO2/c1-2-18-10(17)4-6-3-7(11(13,14)15)8(12)5-9(6)16/h3,5H,2,4,16H2,1H3. The molecule has 3 nitrogen and oxygen atoms in total. The van der Waals surface area contributed by atoms with Crippen molar-refractivity contribution in [2.75, 3.05) is 12.3 Å². The molecule has 0 bridgehead atoms. The summed E-state index contributed by atoms with van der Waals surface area (Å²) in [5, 5.41) is 0. The number of carbonyl (C=O) groups is 1. The summed E-state index contributed by atoms with van der Waals surface area (Å²) in [7, 11) is 0. The lowest BCUT2D eigenvalue weighted by atomic mass is 10.1. The van der Waals surface area contributed by atoms with E-state index in [1.807, 2.05) is 0 Å². The number of rotatable bonds is 3. The highest BCUT2D eigenvalue weighted by Gasteiger charge is 2.33. The van der Waals surface area contributed by atoms with Crippen LogP contribution in [-0.4, -0.2) is 12.6 Å². The molecule has 0 atom stereocenters. The lowest BCUT2D eigenvalue weighted by Gasteiger charge is -2.13. The van der Waals surface area contributed by atoms with Crippen LogP contribution in [0.5, 0.6) is 0 Å². The van der Waals surface area contributed by atoms with Crippen LogP contribution in [0.4, 0.5) is 18.9 Å². The summed E-state index contributed by atoms with van der Waals surface area (Å²) in [5.74, 6) is -0.611. The average Bonchev–Trinajstić information content (AvgIpc) is 2.20. The van der Waals surface area contributed by atoms with Crippen molar-refractivity contribution in [2.24, 2.45) is 0 Å². The predicted molar refractivity (Wildman–Crippen MR) is 63.9 cm³/mol. The van der Waals surface area contributed by atoms with E-state index in [9.17, 15) is 18.0 Å². The lowest BCUT2D eigenvalue weighted by Crippen LogP contribution is -2.12. The molecular weight excluding hydrogens is 315 g/mol. The second-order valence-electron chi connectivity index (χ2n) is 3.51. The Kier molecular flexibility index (Phi) is 4.61. The fraction of sp³-hybridized carbons (Fsp3) is 0.364. The molecule has 1 aromatic carbocycles. The quantitative estimate of drug-likeness (QED) is 0.686. The fourth-order valence-electron chi connectivity index (χ4n) is 1.37. The lowest BCUT2D eigenvalue weighted by molar-refractivity contribution is -0.142. The van der Waals surface area contributed by atoms with Crippen molar-refractivity contribution in [1.82, 2.24) is 0 Å². The van der Waals surface area contributed by atoms with Crippen molar-refractivity contribution in [1.29, 1.82) is 0 Å². The van der Waals surface area contributed by atoms with Crippen LogP contribution in [-0.2, 0) is 22.1 Å². The Hall–Kier alpha value is -1.24. The van der Waals surface area contributed by atoms with Gasteiger partial charge in [0.05, 0.1) is 18.6 Å². The number of ether oxygens (including phenoxy) is 1. The first-order valence-corrected chi connectivity index (χ1v) is 5.85. The van der Waals surface area contributed by atoms with Crippen molar-refractivity contribution >= 4 is 27.6 Å². The second kappa shape index (κ2) is 5.60. The number of esters is 1. The molecule has 2 N–H and O–H groups in total. The molecule has 0 aliphatic carbocycles. The van der Waals surface area contributed by atoms with Crippen LogP contribution < -0.4 is 5.73 Å². The Balaban J connectivity index is 3.10. The topological polar surface area (TPSA) is 52.3 Å². The largest absolute Gasteiger partial charge is 0.466 e. The molecule has 0 aromatic heterocycles. The van der Waals surface area contributed by atoms with Gasteiger partial charge in [0.2, 0.25) is 0 Å². The zero-order valence-electron chi connectivity index (χ0n) is 9.47. The summed E-state index contributed by atoms with van der Waals surface area (Å²) < 4.78 is 42.5. The number of benzene rings is 1. The zero-order chi connectivity index (χ0) is 13.9. The van der Waals surface area contributed by atoms with E-state index >= 15 is 0 Å². The molecule has 1 rings (SSSR count). The highest BCUT2D eigenvalue weighted by atomic mass is 79.9. The molecule has 100 valence electrons. The van der Waals surface area contributed by atoms with Crippen molar-refractivity contribution in [3.8, 4) is 0 Å². The molecule has 0 fully saturated rings. The van der Waals surface area contributed by atoms with E-state index in [2.05, 4.69) is 20.7 Å². The SMILES string of the molecule is CCOC(=O)Cc1cc(C(F)(F)F)c(Br)cc1N. The van der Waals surface area contributed by atoms with E-state index in [-0.39, 0.29) is 28.8 Å². The first-order chi connectivity index (χ1) is 8.25. The first kappa shape index (κ1) is 14.8.